The lowest BCUT2D eigenvalue weighted by Crippen LogP contribution is -2.39. The van der Waals surface area contributed by atoms with Crippen molar-refractivity contribution >= 4 is 5.91 Å². The van der Waals surface area contributed by atoms with Gasteiger partial charge in [0.2, 0.25) is 0 Å². The number of hydrogen-bond donors (Lipinski definition) is 1. The number of pyridine rings is 2. The first-order valence-corrected chi connectivity index (χ1v) is 9.72. The third kappa shape index (κ3) is 3.30. The molecule has 1 fully saturated rings. The second-order valence-electron chi connectivity index (χ2n) is 7.38. The first-order valence-electron chi connectivity index (χ1n) is 9.72. The maximum absolute atomic E-state index is 13.2. The van der Waals surface area contributed by atoms with Crippen molar-refractivity contribution in [1.29, 1.82) is 0 Å². The summed E-state index contributed by atoms with van der Waals surface area (Å²) in [5.74, 6) is -0.0404. The number of aromatic nitrogens is 2. The van der Waals surface area contributed by atoms with E-state index in [-0.39, 0.29) is 17.5 Å². The largest absolute Gasteiger partial charge is 0.349 e. The summed E-state index contributed by atoms with van der Waals surface area (Å²) in [6.07, 6.45) is 11.9. The molecule has 0 unspecified atom stereocenters. The number of amides is 1. The molecule has 0 saturated heterocycles. The lowest BCUT2D eigenvalue weighted by Gasteiger charge is -2.26. The molecule has 4 rings (SSSR count). The quantitative estimate of drug-likeness (QED) is 0.923. The van der Waals surface area contributed by atoms with Gasteiger partial charge in [-0.2, -0.15) is 0 Å². The van der Waals surface area contributed by atoms with Crippen LogP contribution in [0.3, 0.4) is 0 Å². The van der Waals surface area contributed by atoms with Crippen LogP contribution < -0.4 is 10.9 Å². The second-order valence-corrected chi connectivity index (χ2v) is 7.38. The van der Waals surface area contributed by atoms with Gasteiger partial charge < -0.3 is 9.88 Å². The molecule has 1 saturated carbocycles. The van der Waals surface area contributed by atoms with Crippen LogP contribution in [0.4, 0.5) is 0 Å². The Morgan fingerprint density at radius 2 is 2.00 bits per heavy atom. The Morgan fingerprint density at radius 3 is 2.77 bits per heavy atom. The fourth-order valence-corrected chi connectivity index (χ4v) is 4.27. The summed E-state index contributed by atoms with van der Waals surface area (Å²) < 4.78 is 1.79. The summed E-state index contributed by atoms with van der Waals surface area (Å²) in [7, 11) is 0. The SMILES string of the molecule is O=C(NC1CCCCC1)c1c(-c2cccnc2)cc(=O)n2c1CCCC2. The van der Waals surface area contributed by atoms with Crippen molar-refractivity contribution in [3.05, 3.63) is 52.2 Å². The summed E-state index contributed by atoms with van der Waals surface area (Å²) in [5.41, 5.74) is 3.07. The predicted molar refractivity (Wildman–Crippen MR) is 101 cm³/mol. The zero-order valence-corrected chi connectivity index (χ0v) is 15.0. The van der Waals surface area contributed by atoms with Crippen molar-refractivity contribution in [3.8, 4) is 11.1 Å². The van der Waals surface area contributed by atoms with Gasteiger partial charge in [-0.25, -0.2) is 0 Å². The number of rotatable bonds is 3. The molecule has 26 heavy (non-hydrogen) atoms. The third-order valence-electron chi connectivity index (χ3n) is 5.60. The molecule has 1 amide bonds. The highest BCUT2D eigenvalue weighted by atomic mass is 16.2. The number of carbonyl (C=O) groups excluding carboxylic acids is 1. The molecule has 2 aliphatic rings. The highest BCUT2D eigenvalue weighted by molar-refractivity contribution is 6.02. The van der Waals surface area contributed by atoms with E-state index in [2.05, 4.69) is 10.3 Å². The Balaban J connectivity index is 1.79. The van der Waals surface area contributed by atoms with Crippen molar-refractivity contribution in [2.45, 2.75) is 64.0 Å². The molecule has 5 heteroatoms. The molecular weight excluding hydrogens is 326 g/mol. The topological polar surface area (TPSA) is 64.0 Å². The first kappa shape index (κ1) is 17.0. The van der Waals surface area contributed by atoms with Crippen LogP contribution in [0.15, 0.2) is 35.4 Å². The average Bonchev–Trinajstić information content (AvgIpc) is 2.69. The van der Waals surface area contributed by atoms with Gasteiger partial charge in [-0.05, 0) is 38.2 Å². The second kappa shape index (κ2) is 7.44. The van der Waals surface area contributed by atoms with E-state index in [0.29, 0.717) is 17.7 Å². The molecule has 0 atom stereocenters. The number of nitrogens with zero attached hydrogens (tertiary/aromatic N) is 2. The summed E-state index contributed by atoms with van der Waals surface area (Å²) >= 11 is 0. The number of carbonyl (C=O) groups is 1. The third-order valence-corrected chi connectivity index (χ3v) is 5.60. The summed E-state index contributed by atoms with van der Waals surface area (Å²) in [4.78, 5) is 30.1. The zero-order valence-electron chi connectivity index (χ0n) is 15.0. The Morgan fingerprint density at radius 1 is 1.15 bits per heavy atom. The maximum Gasteiger partial charge on any atom is 0.253 e. The molecule has 2 aromatic rings. The molecule has 2 aromatic heterocycles. The minimum atomic E-state index is -0.0404. The average molecular weight is 351 g/mol. The predicted octanol–water partition coefficient (Wildman–Crippen LogP) is 3.31. The van der Waals surface area contributed by atoms with E-state index in [9.17, 15) is 9.59 Å². The molecule has 1 aliphatic heterocycles. The number of fused-ring (bicyclic) bond motifs is 1. The van der Waals surface area contributed by atoms with Crippen molar-refractivity contribution in [1.82, 2.24) is 14.9 Å². The van der Waals surface area contributed by atoms with Crippen LogP contribution in [-0.2, 0) is 13.0 Å². The molecule has 0 aromatic carbocycles. The Bertz CT molecular complexity index is 852. The van der Waals surface area contributed by atoms with Gasteiger partial charge in [-0.1, -0.05) is 25.3 Å². The smallest absolute Gasteiger partial charge is 0.253 e. The van der Waals surface area contributed by atoms with E-state index in [1.807, 2.05) is 12.1 Å². The van der Waals surface area contributed by atoms with Crippen LogP contribution in [0.1, 0.15) is 61.0 Å². The Labute approximate surface area is 153 Å². The lowest BCUT2D eigenvalue weighted by atomic mass is 9.92. The number of hydrogen-bond acceptors (Lipinski definition) is 3. The highest BCUT2D eigenvalue weighted by Crippen LogP contribution is 2.28. The van der Waals surface area contributed by atoms with Crippen molar-refractivity contribution in [2.24, 2.45) is 0 Å². The molecule has 5 nitrogen and oxygen atoms in total. The van der Waals surface area contributed by atoms with Gasteiger partial charge in [-0.3, -0.25) is 14.6 Å². The molecule has 1 N–H and O–H groups in total. The lowest BCUT2D eigenvalue weighted by molar-refractivity contribution is 0.0926. The standard InChI is InChI=1S/C21H25N3O2/c25-19-13-17(15-7-6-11-22-14-15)20(18-10-4-5-12-24(18)19)21(26)23-16-8-2-1-3-9-16/h6-7,11,13-14,16H,1-5,8-10,12H2,(H,23,26). The van der Waals surface area contributed by atoms with Gasteiger partial charge in [0.05, 0.1) is 5.56 Å². The van der Waals surface area contributed by atoms with Crippen LogP contribution in [0.5, 0.6) is 0 Å². The molecule has 0 radical (unpaired) electrons. The van der Waals surface area contributed by atoms with E-state index in [4.69, 9.17) is 0 Å². The van der Waals surface area contributed by atoms with Crippen molar-refractivity contribution in [3.63, 3.8) is 0 Å². The van der Waals surface area contributed by atoms with Crippen LogP contribution in [0.2, 0.25) is 0 Å². The summed E-state index contributed by atoms with van der Waals surface area (Å²) in [5, 5.41) is 3.24. The van der Waals surface area contributed by atoms with E-state index in [0.717, 1.165) is 43.4 Å². The van der Waals surface area contributed by atoms with Crippen LogP contribution in [0.25, 0.3) is 11.1 Å². The monoisotopic (exact) mass is 351 g/mol. The van der Waals surface area contributed by atoms with E-state index >= 15 is 0 Å². The molecule has 3 heterocycles. The molecular formula is C21H25N3O2. The van der Waals surface area contributed by atoms with E-state index in [1.54, 1.807) is 23.0 Å². The van der Waals surface area contributed by atoms with E-state index in [1.165, 1.54) is 19.3 Å². The fourth-order valence-electron chi connectivity index (χ4n) is 4.27. The van der Waals surface area contributed by atoms with Crippen LogP contribution >= 0.6 is 0 Å². The molecule has 0 bridgehead atoms. The van der Waals surface area contributed by atoms with Crippen molar-refractivity contribution in [2.75, 3.05) is 0 Å². The van der Waals surface area contributed by atoms with Gasteiger partial charge in [0.1, 0.15) is 0 Å². The first-order chi connectivity index (χ1) is 12.7. The molecule has 1 aliphatic carbocycles. The van der Waals surface area contributed by atoms with Crippen molar-refractivity contribution < 1.29 is 4.79 Å². The fraction of sp³-hybridized carbons (Fsp3) is 0.476. The molecule has 136 valence electrons. The number of nitrogens with one attached hydrogen (secondary N) is 1. The summed E-state index contributed by atoms with van der Waals surface area (Å²) in [6, 6.07) is 5.62. The van der Waals surface area contributed by atoms with Crippen LogP contribution in [-0.4, -0.2) is 21.5 Å². The molecule has 0 spiro atoms. The Kier molecular flexibility index (Phi) is 4.87. The van der Waals surface area contributed by atoms with Gasteiger partial charge in [0, 0.05) is 47.9 Å². The van der Waals surface area contributed by atoms with Gasteiger partial charge in [-0.15, -0.1) is 0 Å². The maximum atomic E-state index is 13.2. The highest BCUT2D eigenvalue weighted by Gasteiger charge is 2.26. The van der Waals surface area contributed by atoms with E-state index < -0.39 is 0 Å². The van der Waals surface area contributed by atoms with Gasteiger partial charge >= 0.3 is 0 Å². The van der Waals surface area contributed by atoms with Gasteiger partial charge in [0.15, 0.2) is 0 Å². The normalized spacial score (nSPS) is 17.5. The van der Waals surface area contributed by atoms with Gasteiger partial charge in [0.25, 0.3) is 11.5 Å². The minimum absolute atomic E-state index is 0.0206. The zero-order chi connectivity index (χ0) is 17.9. The summed E-state index contributed by atoms with van der Waals surface area (Å²) in [6.45, 7) is 0.700. The Hall–Kier alpha value is -2.43. The minimum Gasteiger partial charge on any atom is -0.349 e. The van der Waals surface area contributed by atoms with Crippen LogP contribution in [0, 0.1) is 0 Å².